The molecule has 0 aliphatic rings. The fraction of sp³-hybridized carbons (Fsp3) is 0.111. The van der Waals surface area contributed by atoms with Gasteiger partial charge in [-0.2, -0.15) is 0 Å². The highest BCUT2D eigenvalue weighted by molar-refractivity contribution is 9.10. The number of carbonyl (C=O) groups is 2. The van der Waals surface area contributed by atoms with Gasteiger partial charge in [0.2, 0.25) is 0 Å². The number of phenols is 1. The lowest BCUT2D eigenvalue weighted by molar-refractivity contribution is -0.138. The number of benzene rings is 2. The Morgan fingerprint density at radius 1 is 1.04 bits per heavy atom. The highest BCUT2D eigenvalue weighted by Gasteiger charge is 2.18. The maximum absolute atomic E-state index is 12.0. The van der Waals surface area contributed by atoms with Gasteiger partial charge in [0.05, 0.1) is 26.0 Å². The predicted octanol–water partition coefficient (Wildman–Crippen LogP) is 3.46. The van der Waals surface area contributed by atoms with Crippen molar-refractivity contribution in [2.45, 2.75) is 0 Å². The summed E-state index contributed by atoms with van der Waals surface area (Å²) in [6, 6.07) is 12.1. The zero-order valence-corrected chi connectivity index (χ0v) is 15.2. The molecule has 0 amide bonds. The Morgan fingerprint density at radius 3 is 2.36 bits per heavy atom. The molecule has 0 unspecified atom stereocenters. The SMILES string of the molecule is COC(=O)/C=C(/Nc1c(Br)cccc1-c1ccccc1O)C(=O)OC. The first-order chi connectivity index (χ1) is 12.0. The van der Waals surface area contributed by atoms with Gasteiger partial charge in [0, 0.05) is 15.6 Å². The summed E-state index contributed by atoms with van der Waals surface area (Å²) in [5, 5.41) is 13.0. The van der Waals surface area contributed by atoms with Crippen molar-refractivity contribution in [1.82, 2.24) is 0 Å². The summed E-state index contributed by atoms with van der Waals surface area (Å²) in [6.45, 7) is 0. The van der Waals surface area contributed by atoms with Crippen LogP contribution in [0.5, 0.6) is 5.75 Å². The minimum absolute atomic E-state index is 0.0835. The fourth-order valence-electron chi connectivity index (χ4n) is 2.14. The molecule has 130 valence electrons. The molecule has 0 spiro atoms. The van der Waals surface area contributed by atoms with Gasteiger partial charge in [-0.05, 0) is 28.1 Å². The van der Waals surface area contributed by atoms with E-state index in [4.69, 9.17) is 4.74 Å². The molecule has 0 radical (unpaired) electrons. The number of hydrogen-bond donors (Lipinski definition) is 2. The molecule has 0 atom stereocenters. The van der Waals surface area contributed by atoms with Crippen molar-refractivity contribution in [2.75, 3.05) is 19.5 Å². The minimum Gasteiger partial charge on any atom is -0.507 e. The zero-order valence-electron chi connectivity index (χ0n) is 13.6. The monoisotopic (exact) mass is 405 g/mol. The van der Waals surface area contributed by atoms with Crippen molar-refractivity contribution >= 4 is 33.6 Å². The third-order valence-electron chi connectivity index (χ3n) is 3.34. The van der Waals surface area contributed by atoms with Crippen molar-refractivity contribution in [3.63, 3.8) is 0 Å². The summed E-state index contributed by atoms with van der Waals surface area (Å²) in [5.74, 6) is -1.35. The first-order valence-electron chi connectivity index (χ1n) is 7.19. The van der Waals surface area contributed by atoms with Crippen LogP contribution in [0.15, 0.2) is 58.7 Å². The molecule has 0 saturated carbocycles. The van der Waals surface area contributed by atoms with Crippen LogP contribution in [0.1, 0.15) is 0 Å². The second-order valence-corrected chi connectivity index (χ2v) is 5.73. The molecule has 0 aromatic heterocycles. The maximum Gasteiger partial charge on any atom is 0.354 e. The Bertz CT molecular complexity index is 832. The van der Waals surface area contributed by atoms with E-state index in [-0.39, 0.29) is 11.4 Å². The van der Waals surface area contributed by atoms with Crippen molar-refractivity contribution in [1.29, 1.82) is 0 Å². The molecular formula is C18H16BrNO5. The van der Waals surface area contributed by atoms with E-state index in [0.717, 1.165) is 6.08 Å². The zero-order chi connectivity index (χ0) is 18.4. The second kappa shape index (κ2) is 8.34. The van der Waals surface area contributed by atoms with Gasteiger partial charge in [-0.1, -0.05) is 30.3 Å². The quantitative estimate of drug-likeness (QED) is 0.585. The number of nitrogens with one attached hydrogen (secondary N) is 1. The minimum atomic E-state index is -0.732. The van der Waals surface area contributed by atoms with Crippen LogP contribution in [0.4, 0.5) is 5.69 Å². The van der Waals surface area contributed by atoms with Crippen LogP contribution < -0.4 is 5.32 Å². The predicted molar refractivity (Wildman–Crippen MR) is 97.0 cm³/mol. The third kappa shape index (κ3) is 4.39. The van der Waals surface area contributed by atoms with Crippen molar-refractivity contribution in [2.24, 2.45) is 0 Å². The molecule has 0 aliphatic heterocycles. The van der Waals surface area contributed by atoms with E-state index in [1.165, 1.54) is 14.2 Å². The van der Waals surface area contributed by atoms with E-state index >= 15 is 0 Å². The smallest absolute Gasteiger partial charge is 0.354 e. The lowest BCUT2D eigenvalue weighted by atomic mass is 10.0. The van der Waals surface area contributed by atoms with Gasteiger partial charge < -0.3 is 19.9 Å². The lowest BCUT2D eigenvalue weighted by Crippen LogP contribution is -2.16. The van der Waals surface area contributed by atoms with E-state index < -0.39 is 11.9 Å². The number of halogens is 1. The summed E-state index contributed by atoms with van der Waals surface area (Å²) in [5.41, 5.74) is 1.59. The molecule has 6 nitrogen and oxygen atoms in total. The molecule has 7 heteroatoms. The number of esters is 2. The Labute approximate surface area is 153 Å². The first kappa shape index (κ1) is 18.5. The van der Waals surface area contributed by atoms with Crippen LogP contribution in [-0.2, 0) is 19.1 Å². The third-order valence-corrected chi connectivity index (χ3v) is 4.00. The van der Waals surface area contributed by atoms with Crippen molar-refractivity contribution in [3.8, 4) is 16.9 Å². The van der Waals surface area contributed by atoms with E-state index in [1.807, 2.05) is 0 Å². The number of rotatable bonds is 5. The maximum atomic E-state index is 12.0. The highest BCUT2D eigenvalue weighted by Crippen LogP contribution is 2.38. The number of ether oxygens (including phenoxy) is 2. The van der Waals surface area contributed by atoms with Crippen LogP contribution in [0.3, 0.4) is 0 Å². The van der Waals surface area contributed by atoms with E-state index in [0.29, 0.717) is 21.3 Å². The van der Waals surface area contributed by atoms with Gasteiger partial charge in [-0.3, -0.25) is 0 Å². The van der Waals surface area contributed by atoms with Crippen LogP contribution in [0.2, 0.25) is 0 Å². The lowest BCUT2D eigenvalue weighted by Gasteiger charge is -2.16. The molecule has 0 fully saturated rings. The molecule has 0 heterocycles. The van der Waals surface area contributed by atoms with E-state index in [1.54, 1.807) is 42.5 Å². The summed E-state index contributed by atoms with van der Waals surface area (Å²) in [7, 11) is 2.42. The average Bonchev–Trinajstić information content (AvgIpc) is 2.62. The molecule has 0 saturated heterocycles. The summed E-state index contributed by atoms with van der Waals surface area (Å²) in [6.07, 6.45) is 1.000. The van der Waals surface area contributed by atoms with Gasteiger partial charge in [0.25, 0.3) is 0 Å². The first-order valence-corrected chi connectivity index (χ1v) is 7.99. The topological polar surface area (TPSA) is 84.9 Å². The van der Waals surface area contributed by atoms with Crippen molar-refractivity contribution < 1.29 is 24.2 Å². The Hall–Kier alpha value is -2.80. The van der Waals surface area contributed by atoms with Gasteiger partial charge in [-0.15, -0.1) is 0 Å². The molecule has 25 heavy (non-hydrogen) atoms. The summed E-state index contributed by atoms with van der Waals surface area (Å²) in [4.78, 5) is 23.5. The fourth-order valence-corrected chi connectivity index (χ4v) is 2.61. The number of para-hydroxylation sites is 2. The number of aromatic hydroxyl groups is 1. The molecular weight excluding hydrogens is 390 g/mol. The normalized spacial score (nSPS) is 10.9. The largest absolute Gasteiger partial charge is 0.507 e. The van der Waals surface area contributed by atoms with Crippen LogP contribution in [0, 0.1) is 0 Å². The van der Waals surface area contributed by atoms with Gasteiger partial charge in [-0.25, -0.2) is 9.59 Å². The molecule has 2 rings (SSSR count). The second-order valence-electron chi connectivity index (χ2n) is 4.88. The number of anilines is 1. The molecule has 0 bridgehead atoms. The number of hydrogen-bond acceptors (Lipinski definition) is 6. The highest BCUT2D eigenvalue weighted by atomic mass is 79.9. The molecule has 0 aliphatic carbocycles. The van der Waals surface area contributed by atoms with Gasteiger partial charge >= 0.3 is 11.9 Å². The summed E-state index contributed by atoms with van der Waals surface area (Å²) >= 11 is 3.41. The van der Waals surface area contributed by atoms with Crippen LogP contribution in [0.25, 0.3) is 11.1 Å². The van der Waals surface area contributed by atoms with Gasteiger partial charge in [0.1, 0.15) is 11.4 Å². The van der Waals surface area contributed by atoms with E-state index in [2.05, 4.69) is 26.0 Å². The molecule has 2 aromatic carbocycles. The van der Waals surface area contributed by atoms with E-state index in [9.17, 15) is 14.7 Å². The summed E-state index contributed by atoms with van der Waals surface area (Å²) < 4.78 is 9.89. The van der Waals surface area contributed by atoms with Crippen molar-refractivity contribution in [3.05, 3.63) is 58.7 Å². The Kier molecular flexibility index (Phi) is 6.19. The average molecular weight is 406 g/mol. The number of methoxy groups -OCH3 is 2. The Morgan fingerprint density at radius 2 is 1.72 bits per heavy atom. The molecule has 2 N–H and O–H groups in total. The van der Waals surface area contributed by atoms with Gasteiger partial charge in [0.15, 0.2) is 0 Å². The number of carbonyl (C=O) groups excluding carboxylic acids is 2. The van der Waals surface area contributed by atoms with Crippen LogP contribution in [-0.4, -0.2) is 31.3 Å². The Balaban J connectivity index is 2.55. The molecule has 2 aromatic rings. The van der Waals surface area contributed by atoms with Crippen LogP contribution >= 0.6 is 15.9 Å². The standard InChI is InChI=1S/C18H16BrNO5/c1-24-16(22)10-14(18(23)25-2)20-17-12(7-5-8-13(17)19)11-6-3-4-9-15(11)21/h3-10,20-21H,1-2H3/b14-10+. The number of phenolic OH excluding ortho intramolecular Hbond substituents is 1.